The molecule has 2 aromatic rings. The number of thiocarbonyl (C=S) groups is 1. The van der Waals surface area contributed by atoms with Gasteiger partial charge >= 0.3 is 0 Å². The van der Waals surface area contributed by atoms with Crippen molar-refractivity contribution in [1.29, 1.82) is 0 Å². The van der Waals surface area contributed by atoms with Gasteiger partial charge in [-0.2, -0.15) is 0 Å². The Labute approximate surface area is 175 Å². The summed E-state index contributed by atoms with van der Waals surface area (Å²) < 4.78 is 5.26. The van der Waals surface area contributed by atoms with E-state index in [0.717, 1.165) is 27.6 Å². The predicted molar refractivity (Wildman–Crippen MR) is 119 cm³/mol. The van der Waals surface area contributed by atoms with Gasteiger partial charge in [-0.1, -0.05) is 6.07 Å². The Hall–Kier alpha value is -2.38. The van der Waals surface area contributed by atoms with Crippen molar-refractivity contribution in [1.82, 2.24) is 10.2 Å². The minimum atomic E-state index is -0.241. The normalized spacial score (nSPS) is 16.8. The quantitative estimate of drug-likeness (QED) is 0.712. The summed E-state index contributed by atoms with van der Waals surface area (Å²) in [5, 5.41) is 5.99. The molecule has 0 saturated carbocycles. The van der Waals surface area contributed by atoms with Crippen molar-refractivity contribution in [2.45, 2.75) is 26.8 Å². The monoisotopic (exact) mass is 415 g/mol. The van der Waals surface area contributed by atoms with Crippen LogP contribution in [0.4, 0.5) is 5.69 Å². The third-order valence-corrected chi connectivity index (χ3v) is 6.16. The Morgan fingerprint density at radius 1 is 1.25 bits per heavy atom. The van der Waals surface area contributed by atoms with Gasteiger partial charge < -0.3 is 15.0 Å². The Bertz CT molecular complexity index is 872. The molecule has 0 fully saturated rings. The van der Waals surface area contributed by atoms with Gasteiger partial charge in [0.15, 0.2) is 5.11 Å². The van der Waals surface area contributed by atoms with Crippen molar-refractivity contribution in [3.05, 3.63) is 57.9 Å². The lowest BCUT2D eigenvalue weighted by Crippen LogP contribution is -2.49. The summed E-state index contributed by atoms with van der Waals surface area (Å²) in [6, 6.07) is 11.5. The van der Waals surface area contributed by atoms with Crippen LogP contribution >= 0.6 is 23.6 Å². The fraction of sp³-hybridized carbons (Fsp3) is 0.333. The fourth-order valence-electron chi connectivity index (χ4n) is 3.41. The number of nitrogens with zero attached hydrogens (tertiary/aromatic N) is 2. The number of thiophene rings is 1. The second-order valence-corrected chi connectivity index (χ2v) is 7.77. The Kier molecular flexibility index (Phi) is 6.36. The van der Waals surface area contributed by atoms with E-state index < -0.39 is 0 Å². The predicted octanol–water partition coefficient (Wildman–Crippen LogP) is 4.33. The summed E-state index contributed by atoms with van der Waals surface area (Å²) >= 11 is 7.31. The molecular formula is C21H25N3O2S2. The lowest BCUT2D eigenvalue weighted by molar-refractivity contribution is -0.127. The van der Waals surface area contributed by atoms with E-state index in [9.17, 15) is 4.79 Å². The molecule has 2 heterocycles. The molecule has 0 bridgehead atoms. The van der Waals surface area contributed by atoms with Crippen molar-refractivity contribution < 1.29 is 9.53 Å². The lowest BCUT2D eigenvalue weighted by Gasteiger charge is -2.38. The van der Waals surface area contributed by atoms with Crippen molar-refractivity contribution in [2.75, 3.05) is 25.1 Å². The van der Waals surface area contributed by atoms with Gasteiger partial charge in [-0.3, -0.25) is 9.69 Å². The van der Waals surface area contributed by atoms with Crippen LogP contribution in [0.15, 0.2) is 53.0 Å². The number of likely N-dealkylation sites (N-methyl/N-ethyl adjacent to an activating group) is 1. The Balaban J connectivity index is 2.11. The van der Waals surface area contributed by atoms with Crippen LogP contribution in [0, 0.1) is 0 Å². The topological polar surface area (TPSA) is 44.8 Å². The third-order valence-electron chi connectivity index (χ3n) is 4.92. The zero-order valence-electron chi connectivity index (χ0n) is 16.6. The van der Waals surface area contributed by atoms with Crippen molar-refractivity contribution >= 4 is 40.3 Å². The lowest BCUT2D eigenvalue weighted by atomic mass is 9.98. The van der Waals surface area contributed by atoms with Crippen LogP contribution in [0.3, 0.4) is 0 Å². The molecule has 3 rings (SSSR count). The molecule has 1 N–H and O–H groups in total. The highest BCUT2D eigenvalue weighted by molar-refractivity contribution is 7.80. The SMILES string of the molecule is CCN(CC)C(=O)C1=C(C)N(c2ccc(OC)cc2)C(=S)N[C@H]1c1cccs1. The molecule has 5 nitrogen and oxygen atoms in total. The average Bonchev–Trinajstić information content (AvgIpc) is 3.23. The largest absolute Gasteiger partial charge is 0.497 e. The summed E-state index contributed by atoms with van der Waals surface area (Å²) in [7, 11) is 1.64. The summed E-state index contributed by atoms with van der Waals surface area (Å²) in [6.45, 7) is 7.29. The van der Waals surface area contributed by atoms with Crippen LogP contribution in [-0.4, -0.2) is 36.1 Å². The first-order chi connectivity index (χ1) is 13.5. The van der Waals surface area contributed by atoms with Crippen LogP contribution in [0.25, 0.3) is 0 Å². The van der Waals surface area contributed by atoms with Gasteiger partial charge in [0.25, 0.3) is 5.91 Å². The Morgan fingerprint density at radius 3 is 2.46 bits per heavy atom. The summed E-state index contributed by atoms with van der Waals surface area (Å²) in [5.41, 5.74) is 2.48. The number of allylic oxidation sites excluding steroid dienone is 1. The fourth-order valence-corrected chi connectivity index (χ4v) is 4.56. The van der Waals surface area contributed by atoms with E-state index >= 15 is 0 Å². The van der Waals surface area contributed by atoms with Crippen molar-refractivity contribution in [3.63, 3.8) is 0 Å². The number of hydrogen-bond donors (Lipinski definition) is 1. The van der Waals surface area contributed by atoms with E-state index in [1.165, 1.54) is 0 Å². The first-order valence-electron chi connectivity index (χ1n) is 9.29. The maximum absolute atomic E-state index is 13.4. The highest BCUT2D eigenvalue weighted by Crippen LogP contribution is 2.36. The number of nitrogens with one attached hydrogen (secondary N) is 1. The number of anilines is 1. The molecular weight excluding hydrogens is 390 g/mol. The van der Waals surface area contributed by atoms with Gasteiger partial charge in [-0.15, -0.1) is 11.3 Å². The number of carbonyl (C=O) groups excluding carboxylic acids is 1. The van der Waals surface area contributed by atoms with Crippen LogP contribution in [0.5, 0.6) is 5.75 Å². The molecule has 0 saturated heterocycles. The van der Waals surface area contributed by atoms with Crippen LogP contribution in [0.1, 0.15) is 31.7 Å². The summed E-state index contributed by atoms with van der Waals surface area (Å²) in [6.07, 6.45) is 0. The number of methoxy groups -OCH3 is 1. The highest BCUT2D eigenvalue weighted by Gasteiger charge is 2.36. The number of carbonyl (C=O) groups is 1. The molecule has 0 radical (unpaired) electrons. The zero-order valence-corrected chi connectivity index (χ0v) is 18.2. The molecule has 1 amide bonds. The number of rotatable bonds is 6. The van der Waals surface area contributed by atoms with Crippen molar-refractivity contribution in [2.24, 2.45) is 0 Å². The van der Waals surface area contributed by atoms with E-state index in [-0.39, 0.29) is 11.9 Å². The maximum atomic E-state index is 13.4. The number of ether oxygens (including phenoxy) is 1. The molecule has 1 aromatic carbocycles. The molecule has 1 aromatic heterocycles. The van der Waals surface area contributed by atoms with Gasteiger partial charge in [0.2, 0.25) is 0 Å². The molecule has 148 valence electrons. The molecule has 0 aliphatic carbocycles. The molecule has 1 aliphatic rings. The second kappa shape index (κ2) is 8.75. The molecule has 0 unspecified atom stereocenters. The second-order valence-electron chi connectivity index (χ2n) is 6.41. The number of amides is 1. The number of benzene rings is 1. The van der Waals surface area contributed by atoms with E-state index in [1.54, 1.807) is 18.4 Å². The average molecular weight is 416 g/mol. The van der Waals surface area contributed by atoms with Gasteiger partial charge in [0.05, 0.1) is 18.7 Å². The molecule has 28 heavy (non-hydrogen) atoms. The van der Waals surface area contributed by atoms with Crippen LogP contribution < -0.4 is 15.0 Å². The highest BCUT2D eigenvalue weighted by atomic mass is 32.1. The van der Waals surface area contributed by atoms with Gasteiger partial charge in [0, 0.05) is 29.4 Å². The molecule has 1 atom stereocenters. The van der Waals surface area contributed by atoms with E-state index in [0.29, 0.717) is 18.2 Å². The van der Waals surface area contributed by atoms with Gasteiger partial charge in [-0.25, -0.2) is 0 Å². The van der Waals surface area contributed by atoms with Gasteiger partial charge in [0.1, 0.15) is 5.75 Å². The van der Waals surface area contributed by atoms with Crippen LogP contribution in [-0.2, 0) is 4.79 Å². The summed E-state index contributed by atoms with van der Waals surface area (Å²) in [4.78, 5) is 18.3. The first-order valence-corrected chi connectivity index (χ1v) is 10.6. The molecule has 7 heteroatoms. The maximum Gasteiger partial charge on any atom is 0.254 e. The minimum Gasteiger partial charge on any atom is -0.497 e. The summed E-state index contributed by atoms with van der Waals surface area (Å²) in [5.74, 6) is 0.812. The molecule has 1 aliphatic heterocycles. The number of hydrogen-bond acceptors (Lipinski definition) is 4. The third kappa shape index (κ3) is 3.77. The van der Waals surface area contributed by atoms with Crippen molar-refractivity contribution in [3.8, 4) is 5.75 Å². The smallest absolute Gasteiger partial charge is 0.254 e. The minimum absolute atomic E-state index is 0.0365. The van der Waals surface area contributed by atoms with E-state index in [4.69, 9.17) is 17.0 Å². The van der Waals surface area contributed by atoms with Crippen LogP contribution in [0.2, 0.25) is 0 Å². The van der Waals surface area contributed by atoms with Gasteiger partial charge in [-0.05, 0) is 68.7 Å². The zero-order chi connectivity index (χ0) is 20.3. The standard InChI is InChI=1S/C21H25N3O2S2/c1-5-23(6-2)20(25)18-14(3)24(15-9-11-16(26-4)12-10-15)21(27)22-19(18)17-8-7-13-28-17/h7-13,19H,5-6H2,1-4H3,(H,22,27)/t19-/m0/s1. The first kappa shape index (κ1) is 20.4. The Morgan fingerprint density at radius 2 is 1.93 bits per heavy atom. The van der Waals surface area contributed by atoms with E-state index in [2.05, 4.69) is 5.32 Å². The molecule has 0 spiro atoms. The van der Waals surface area contributed by atoms with E-state index in [1.807, 2.05) is 72.3 Å².